The number of benzene rings is 2. The average Bonchev–Trinajstić information content (AvgIpc) is 2.88. The van der Waals surface area contributed by atoms with E-state index in [2.05, 4.69) is 70.5 Å². The van der Waals surface area contributed by atoms with Gasteiger partial charge in [0.1, 0.15) is 0 Å². The second-order valence-electron chi connectivity index (χ2n) is 10.9. The Balaban J connectivity index is 1.18. The summed E-state index contributed by atoms with van der Waals surface area (Å²) in [5, 5.41) is 0. The predicted octanol–water partition coefficient (Wildman–Crippen LogP) is 4.71. The molecule has 6 rings (SSSR count). The van der Waals surface area contributed by atoms with Crippen LogP contribution in [0.5, 0.6) is 0 Å². The maximum absolute atomic E-state index is 7.22. The molecule has 0 N–H and O–H groups in total. The van der Waals surface area contributed by atoms with E-state index in [1.807, 2.05) is 0 Å². The summed E-state index contributed by atoms with van der Waals surface area (Å²) in [4.78, 5) is 5.27. The number of morpholine rings is 2. The van der Waals surface area contributed by atoms with Crippen LogP contribution >= 0.6 is 0 Å². The molecular formula is C30H40N2O3. The van der Waals surface area contributed by atoms with E-state index in [4.69, 9.17) is 14.2 Å². The Morgan fingerprint density at radius 3 is 1.31 bits per heavy atom. The predicted molar refractivity (Wildman–Crippen MR) is 137 cm³/mol. The largest absolute Gasteiger partial charge is 0.379 e. The van der Waals surface area contributed by atoms with Gasteiger partial charge in [-0.1, -0.05) is 60.7 Å². The van der Waals surface area contributed by atoms with Crippen LogP contribution in [0.25, 0.3) is 0 Å². The first kappa shape index (κ1) is 23.6. The minimum absolute atomic E-state index is 0.154. The molecule has 2 aliphatic heterocycles. The van der Waals surface area contributed by atoms with Crippen molar-refractivity contribution in [1.29, 1.82) is 0 Å². The lowest BCUT2D eigenvalue weighted by Gasteiger charge is -2.50. The topological polar surface area (TPSA) is 34.2 Å². The third-order valence-electron chi connectivity index (χ3n) is 8.83. The van der Waals surface area contributed by atoms with E-state index >= 15 is 0 Å². The second-order valence-corrected chi connectivity index (χ2v) is 10.9. The Morgan fingerprint density at radius 2 is 0.943 bits per heavy atom. The van der Waals surface area contributed by atoms with Crippen molar-refractivity contribution in [2.75, 3.05) is 52.6 Å². The molecule has 4 fully saturated rings. The van der Waals surface area contributed by atoms with Crippen molar-refractivity contribution < 1.29 is 14.2 Å². The SMILES string of the molecule is c1ccc(C(OC(c2ccccc2)C2CC(N3CCOCC3)C2)C2CC(N3CCOCC3)C2)cc1. The van der Waals surface area contributed by atoms with Gasteiger partial charge in [-0.25, -0.2) is 0 Å². The molecule has 0 amide bonds. The molecule has 188 valence electrons. The number of rotatable bonds is 8. The number of nitrogens with zero attached hydrogens (tertiary/aromatic N) is 2. The van der Waals surface area contributed by atoms with Gasteiger partial charge in [-0.3, -0.25) is 9.80 Å². The molecule has 2 heterocycles. The summed E-state index contributed by atoms with van der Waals surface area (Å²) in [5.41, 5.74) is 2.67. The van der Waals surface area contributed by atoms with Crippen molar-refractivity contribution in [2.45, 2.75) is 50.0 Å². The lowest BCUT2D eigenvalue weighted by molar-refractivity contribution is -0.134. The lowest BCUT2D eigenvalue weighted by atomic mass is 9.72. The third-order valence-corrected chi connectivity index (χ3v) is 8.83. The van der Waals surface area contributed by atoms with Crippen molar-refractivity contribution in [3.63, 3.8) is 0 Å². The van der Waals surface area contributed by atoms with Crippen molar-refractivity contribution in [3.8, 4) is 0 Å². The molecule has 2 saturated heterocycles. The molecule has 2 atom stereocenters. The molecule has 0 radical (unpaired) electrons. The fourth-order valence-electron chi connectivity index (χ4n) is 6.60. The summed E-state index contributed by atoms with van der Waals surface area (Å²) < 4.78 is 18.4. The maximum atomic E-state index is 7.22. The van der Waals surface area contributed by atoms with Crippen molar-refractivity contribution >= 4 is 0 Å². The van der Waals surface area contributed by atoms with Crippen LogP contribution in [0.1, 0.15) is 49.0 Å². The maximum Gasteiger partial charge on any atom is 0.0862 e. The van der Waals surface area contributed by atoms with Gasteiger partial charge < -0.3 is 14.2 Å². The van der Waals surface area contributed by atoms with E-state index < -0.39 is 0 Å². The van der Waals surface area contributed by atoms with Crippen molar-refractivity contribution in [1.82, 2.24) is 9.80 Å². The standard InChI is InChI=1S/C30H40N2O3/c1-3-7-23(8-4-1)29(25-19-27(20-25)31-11-15-33-16-12-31)35-30(24-9-5-2-6-10-24)26-21-28(22-26)32-13-17-34-18-14-32/h1-10,25-30H,11-22H2. The van der Waals surface area contributed by atoms with Crippen LogP contribution in [0, 0.1) is 11.8 Å². The Kier molecular flexibility index (Phi) is 7.49. The summed E-state index contributed by atoms with van der Waals surface area (Å²) in [6.07, 6.45) is 5.21. The minimum atomic E-state index is 0.154. The van der Waals surface area contributed by atoms with Gasteiger partial charge in [0.15, 0.2) is 0 Å². The van der Waals surface area contributed by atoms with Gasteiger partial charge in [-0.15, -0.1) is 0 Å². The molecule has 0 spiro atoms. The molecule has 0 aromatic heterocycles. The molecule has 4 aliphatic rings. The monoisotopic (exact) mass is 476 g/mol. The molecular weight excluding hydrogens is 436 g/mol. The van der Waals surface area contributed by atoms with Crippen molar-refractivity contribution in [3.05, 3.63) is 71.8 Å². The fraction of sp³-hybridized carbons (Fsp3) is 0.600. The number of hydrogen-bond acceptors (Lipinski definition) is 5. The Hall–Kier alpha value is -1.76. The summed E-state index contributed by atoms with van der Waals surface area (Å²) in [6.45, 7) is 7.81. The average molecular weight is 477 g/mol. The van der Waals surface area contributed by atoms with Crippen molar-refractivity contribution in [2.24, 2.45) is 11.8 Å². The highest BCUT2D eigenvalue weighted by Crippen LogP contribution is 2.49. The number of ether oxygens (including phenoxy) is 3. The van der Waals surface area contributed by atoms with Crippen LogP contribution in [0.3, 0.4) is 0 Å². The van der Waals surface area contributed by atoms with Crippen LogP contribution in [0.4, 0.5) is 0 Å². The van der Waals surface area contributed by atoms with E-state index in [1.165, 1.54) is 36.8 Å². The molecule has 5 nitrogen and oxygen atoms in total. The highest BCUT2D eigenvalue weighted by atomic mass is 16.5. The van der Waals surface area contributed by atoms with E-state index in [1.54, 1.807) is 0 Å². The van der Waals surface area contributed by atoms with Gasteiger partial charge in [0, 0.05) is 38.3 Å². The second kappa shape index (κ2) is 11.1. The van der Waals surface area contributed by atoms with Crippen LogP contribution < -0.4 is 0 Å². The molecule has 5 heteroatoms. The van der Waals surface area contributed by atoms with Crippen LogP contribution in [0.2, 0.25) is 0 Å². The molecule has 2 unspecified atom stereocenters. The first-order valence-electron chi connectivity index (χ1n) is 13.7. The van der Waals surface area contributed by atoms with E-state index in [9.17, 15) is 0 Å². The summed E-state index contributed by atoms with van der Waals surface area (Å²) in [5.74, 6) is 1.15. The first-order chi connectivity index (χ1) is 17.3. The minimum Gasteiger partial charge on any atom is -0.379 e. The molecule has 0 bridgehead atoms. The fourth-order valence-corrected chi connectivity index (χ4v) is 6.60. The van der Waals surface area contributed by atoms with Gasteiger partial charge in [-0.05, 0) is 48.6 Å². The van der Waals surface area contributed by atoms with Gasteiger partial charge in [-0.2, -0.15) is 0 Å². The van der Waals surface area contributed by atoms with Crippen LogP contribution in [-0.4, -0.2) is 74.5 Å². The van der Waals surface area contributed by atoms with E-state index in [0.29, 0.717) is 23.9 Å². The molecule has 2 aromatic rings. The van der Waals surface area contributed by atoms with Gasteiger partial charge in [0.25, 0.3) is 0 Å². The zero-order valence-corrected chi connectivity index (χ0v) is 20.8. The normalized spacial score (nSPS) is 31.8. The smallest absolute Gasteiger partial charge is 0.0862 e. The Labute approximate surface area is 210 Å². The van der Waals surface area contributed by atoms with Crippen LogP contribution in [0.15, 0.2) is 60.7 Å². The molecule has 2 saturated carbocycles. The van der Waals surface area contributed by atoms with E-state index in [-0.39, 0.29) is 12.2 Å². The van der Waals surface area contributed by atoms with E-state index in [0.717, 1.165) is 52.6 Å². The molecule has 2 aromatic carbocycles. The summed E-state index contributed by atoms with van der Waals surface area (Å²) >= 11 is 0. The van der Waals surface area contributed by atoms with Gasteiger partial charge in [0.2, 0.25) is 0 Å². The Bertz CT molecular complexity index is 826. The van der Waals surface area contributed by atoms with Gasteiger partial charge in [0.05, 0.1) is 38.6 Å². The quantitative estimate of drug-likeness (QED) is 0.551. The highest BCUT2D eigenvalue weighted by Gasteiger charge is 2.44. The highest BCUT2D eigenvalue weighted by molar-refractivity contribution is 5.23. The summed E-state index contributed by atoms with van der Waals surface area (Å²) in [6, 6.07) is 23.3. The third kappa shape index (κ3) is 5.35. The Morgan fingerprint density at radius 1 is 0.571 bits per heavy atom. The molecule has 35 heavy (non-hydrogen) atoms. The van der Waals surface area contributed by atoms with Crippen LogP contribution in [-0.2, 0) is 14.2 Å². The first-order valence-corrected chi connectivity index (χ1v) is 13.7. The zero-order valence-electron chi connectivity index (χ0n) is 20.8. The summed E-state index contributed by atoms with van der Waals surface area (Å²) in [7, 11) is 0. The zero-order chi connectivity index (χ0) is 23.5. The number of hydrogen-bond donors (Lipinski definition) is 0. The van der Waals surface area contributed by atoms with Gasteiger partial charge >= 0.3 is 0 Å². The lowest BCUT2D eigenvalue weighted by Crippen LogP contribution is -2.52. The molecule has 2 aliphatic carbocycles.